The van der Waals surface area contributed by atoms with Crippen LogP contribution < -0.4 is 0 Å². The molecule has 0 aromatic heterocycles. The lowest BCUT2D eigenvalue weighted by atomic mass is 9.98. The second-order valence-corrected chi connectivity index (χ2v) is 6.90. The summed E-state index contributed by atoms with van der Waals surface area (Å²) in [4.78, 5) is 0. The fourth-order valence-corrected chi connectivity index (χ4v) is 3.90. The lowest BCUT2D eigenvalue weighted by Crippen LogP contribution is -2.61. The zero-order valence-electron chi connectivity index (χ0n) is 15.0. The number of benzene rings is 2. The van der Waals surface area contributed by atoms with Gasteiger partial charge in [0.05, 0.1) is 6.61 Å². The molecule has 0 N–H and O–H groups in total. The molecule has 0 spiro atoms. The summed E-state index contributed by atoms with van der Waals surface area (Å²) in [5, 5.41) is 0. The van der Waals surface area contributed by atoms with Gasteiger partial charge in [0.2, 0.25) is 0 Å². The summed E-state index contributed by atoms with van der Waals surface area (Å²) < 4.78 is 36.1. The van der Waals surface area contributed by atoms with E-state index >= 15 is 0 Å². The van der Waals surface area contributed by atoms with E-state index in [1.807, 2.05) is 60.7 Å². The lowest BCUT2D eigenvalue weighted by Gasteiger charge is -2.45. The molecule has 0 amide bonds. The van der Waals surface area contributed by atoms with Crippen molar-refractivity contribution in [3.05, 3.63) is 71.8 Å². The summed E-state index contributed by atoms with van der Waals surface area (Å²) in [6, 6.07) is 19.8. The van der Waals surface area contributed by atoms with Gasteiger partial charge in [-0.3, -0.25) is 0 Å². The summed E-state index contributed by atoms with van der Waals surface area (Å²) in [5.41, 5.74) is 1.94. The third-order valence-electron chi connectivity index (χ3n) is 5.22. The van der Waals surface area contributed by atoms with E-state index in [0.29, 0.717) is 6.61 Å². The Morgan fingerprint density at radius 3 is 1.96 bits per heavy atom. The topological polar surface area (TPSA) is 55.4 Å². The van der Waals surface area contributed by atoms with E-state index in [-0.39, 0.29) is 24.4 Å². The smallest absolute Gasteiger partial charge is 0.186 e. The van der Waals surface area contributed by atoms with Crippen molar-refractivity contribution in [3.63, 3.8) is 0 Å². The molecule has 0 unspecified atom stereocenters. The Balaban J connectivity index is 1.39. The van der Waals surface area contributed by atoms with Gasteiger partial charge in [-0.2, -0.15) is 0 Å². The number of ether oxygens (including phenoxy) is 6. The SMILES string of the molecule is CO[C@@H]1O[C@@H]2CO[C@H](c3ccccc3)O[C@@H]2[C@@H]2O[C@H](c3ccccc3)O[C@@H]12. The number of hydrogen-bond donors (Lipinski definition) is 0. The van der Waals surface area contributed by atoms with Gasteiger partial charge in [0, 0.05) is 18.2 Å². The first-order chi connectivity index (χ1) is 13.3. The molecule has 5 rings (SSSR count). The van der Waals surface area contributed by atoms with Crippen molar-refractivity contribution in [3.8, 4) is 0 Å². The van der Waals surface area contributed by atoms with Gasteiger partial charge < -0.3 is 28.4 Å². The largest absolute Gasteiger partial charge is 0.353 e. The molecule has 2 aromatic carbocycles. The monoisotopic (exact) mass is 370 g/mol. The van der Waals surface area contributed by atoms with Crippen molar-refractivity contribution < 1.29 is 28.4 Å². The molecule has 27 heavy (non-hydrogen) atoms. The second kappa shape index (κ2) is 7.31. The lowest BCUT2D eigenvalue weighted by molar-refractivity contribution is -0.343. The molecule has 6 nitrogen and oxygen atoms in total. The Bertz CT molecular complexity index is 754. The van der Waals surface area contributed by atoms with E-state index in [0.717, 1.165) is 11.1 Å². The number of methoxy groups -OCH3 is 1. The Morgan fingerprint density at radius 2 is 1.30 bits per heavy atom. The molecular weight excluding hydrogens is 348 g/mol. The average Bonchev–Trinajstić information content (AvgIpc) is 3.20. The zero-order valence-corrected chi connectivity index (χ0v) is 15.0. The summed E-state index contributed by atoms with van der Waals surface area (Å²) >= 11 is 0. The van der Waals surface area contributed by atoms with Crippen LogP contribution in [0.3, 0.4) is 0 Å². The minimum atomic E-state index is -0.523. The molecular formula is C21H22O6. The van der Waals surface area contributed by atoms with E-state index < -0.39 is 18.9 Å². The van der Waals surface area contributed by atoms with E-state index in [1.165, 1.54) is 0 Å². The summed E-state index contributed by atoms with van der Waals surface area (Å²) in [6.45, 7) is 0.409. The molecule has 0 saturated carbocycles. The van der Waals surface area contributed by atoms with Crippen LogP contribution in [0.1, 0.15) is 23.7 Å². The highest BCUT2D eigenvalue weighted by Gasteiger charge is 2.56. The molecule has 3 fully saturated rings. The van der Waals surface area contributed by atoms with E-state index in [2.05, 4.69) is 0 Å². The maximum absolute atomic E-state index is 6.27. The molecule has 3 aliphatic heterocycles. The van der Waals surface area contributed by atoms with Gasteiger partial charge in [0.1, 0.15) is 24.4 Å². The van der Waals surface area contributed by atoms with Gasteiger partial charge in [-0.15, -0.1) is 0 Å². The van der Waals surface area contributed by atoms with E-state index in [1.54, 1.807) is 7.11 Å². The molecule has 3 aliphatic rings. The van der Waals surface area contributed by atoms with Crippen LogP contribution in [0.15, 0.2) is 60.7 Å². The quantitative estimate of drug-likeness (QED) is 0.828. The average molecular weight is 370 g/mol. The highest BCUT2D eigenvalue weighted by atomic mass is 16.8. The van der Waals surface area contributed by atoms with Gasteiger partial charge in [-0.05, 0) is 0 Å². The highest BCUT2D eigenvalue weighted by molar-refractivity contribution is 5.18. The van der Waals surface area contributed by atoms with Gasteiger partial charge in [0.25, 0.3) is 0 Å². The van der Waals surface area contributed by atoms with Crippen LogP contribution in [0.25, 0.3) is 0 Å². The molecule has 3 heterocycles. The van der Waals surface area contributed by atoms with Crippen LogP contribution in [-0.4, -0.2) is 44.4 Å². The summed E-state index contributed by atoms with van der Waals surface area (Å²) in [5.74, 6) is 0. The fourth-order valence-electron chi connectivity index (χ4n) is 3.90. The van der Waals surface area contributed by atoms with Gasteiger partial charge in [-0.1, -0.05) is 60.7 Å². The summed E-state index contributed by atoms with van der Waals surface area (Å²) in [7, 11) is 1.61. The molecule has 142 valence electrons. The van der Waals surface area contributed by atoms with Crippen LogP contribution in [0.5, 0.6) is 0 Å². The second-order valence-electron chi connectivity index (χ2n) is 6.90. The third kappa shape index (κ3) is 3.18. The first kappa shape index (κ1) is 17.3. The predicted molar refractivity (Wildman–Crippen MR) is 94.6 cm³/mol. The highest BCUT2D eigenvalue weighted by Crippen LogP contribution is 2.43. The van der Waals surface area contributed by atoms with Crippen LogP contribution in [-0.2, 0) is 28.4 Å². The van der Waals surface area contributed by atoms with Gasteiger partial charge in [-0.25, -0.2) is 0 Å². The van der Waals surface area contributed by atoms with Gasteiger partial charge in [0.15, 0.2) is 18.9 Å². The maximum atomic E-state index is 6.27. The minimum absolute atomic E-state index is 0.269. The third-order valence-corrected chi connectivity index (χ3v) is 5.22. The summed E-state index contributed by atoms with van der Waals surface area (Å²) in [6.07, 6.45) is -2.67. The minimum Gasteiger partial charge on any atom is -0.353 e. The predicted octanol–water partition coefficient (Wildman–Crippen LogP) is 2.95. The Morgan fingerprint density at radius 1 is 0.704 bits per heavy atom. The first-order valence-corrected chi connectivity index (χ1v) is 9.19. The number of fused-ring (bicyclic) bond motifs is 3. The van der Waals surface area contributed by atoms with Crippen molar-refractivity contribution in [2.75, 3.05) is 13.7 Å². The van der Waals surface area contributed by atoms with Crippen molar-refractivity contribution in [2.24, 2.45) is 0 Å². The number of hydrogen-bond acceptors (Lipinski definition) is 6. The molecule has 6 heteroatoms. The standard InChI is InChI=1S/C21H22O6/c1-22-21-18-17(26-20(27-18)14-10-6-3-7-11-14)16-15(24-21)12-23-19(25-16)13-8-4-2-5-9-13/h2-11,15-21H,12H2,1H3/t15-,16+,17+,18-,19+,20+,21-/m1/s1. The van der Waals surface area contributed by atoms with E-state index in [4.69, 9.17) is 28.4 Å². The number of rotatable bonds is 3. The Kier molecular flexibility index (Phi) is 4.69. The molecule has 0 aliphatic carbocycles. The molecule has 2 aromatic rings. The molecule has 3 saturated heterocycles. The molecule has 0 radical (unpaired) electrons. The van der Waals surface area contributed by atoms with Crippen molar-refractivity contribution >= 4 is 0 Å². The Labute approximate surface area is 157 Å². The van der Waals surface area contributed by atoms with Crippen molar-refractivity contribution in [1.82, 2.24) is 0 Å². The zero-order chi connectivity index (χ0) is 18.2. The van der Waals surface area contributed by atoms with E-state index in [9.17, 15) is 0 Å². The normalized spacial score (nSPS) is 38.2. The molecule has 0 bridgehead atoms. The first-order valence-electron chi connectivity index (χ1n) is 9.19. The Hall–Kier alpha value is -1.80. The van der Waals surface area contributed by atoms with Gasteiger partial charge >= 0.3 is 0 Å². The van der Waals surface area contributed by atoms with Crippen LogP contribution in [0, 0.1) is 0 Å². The van der Waals surface area contributed by atoms with Crippen LogP contribution >= 0.6 is 0 Å². The van der Waals surface area contributed by atoms with Crippen LogP contribution in [0.2, 0.25) is 0 Å². The van der Waals surface area contributed by atoms with Crippen molar-refractivity contribution in [2.45, 2.75) is 43.3 Å². The fraction of sp³-hybridized carbons (Fsp3) is 0.429. The molecule has 7 atom stereocenters. The maximum Gasteiger partial charge on any atom is 0.186 e. The van der Waals surface area contributed by atoms with Crippen molar-refractivity contribution in [1.29, 1.82) is 0 Å². The van der Waals surface area contributed by atoms with Crippen LogP contribution in [0.4, 0.5) is 0 Å².